The molecule has 0 radical (unpaired) electrons. The molecular weight excluding hydrogens is 378 g/mol. The Balaban J connectivity index is 1.29. The Kier molecular flexibility index (Phi) is 5.21. The van der Waals surface area contributed by atoms with Crippen LogP contribution in [0.1, 0.15) is 18.7 Å². The third kappa shape index (κ3) is 3.94. The average Bonchev–Trinajstić information content (AvgIpc) is 3.50. The zero-order valence-corrected chi connectivity index (χ0v) is 17.0. The minimum atomic E-state index is 0.479. The molecule has 30 heavy (non-hydrogen) atoms. The van der Waals surface area contributed by atoms with Crippen LogP contribution in [0, 0.1) is 0 Å². The van der Waals surface area contributed by atoms with Gasteiger partial charge < -0.3 is 14.5 Å². The maximum atomic E-state index is 6.05. The topological polar surface area (TPSA) is 79.1 Å². The summed E-state index contributed by atoms with van der Waals surface area (Å²) in [5.74, 6) is 2.55. The van der Waals surface area contributed by atoms with Crippen LogP contribution in [-0.2, 0) is 11.3 Å². The Labute approximate surface area is 175 Å². The highest BCUT2D eigenvalue weighted by Crippen LogP contribution is 2.27. The van der Waals surface area contributed by atoms with E-state index in [0.717, 1.165) is 59.3 Å². The first kappa shape index (κ1) is 18.8. The summed E-state index contributed by atoms with van der Waals surface area (Å²) < 4.78 is 11.4. The largest absolute Gasteiger partial charge is 0.457 e. The van der Waals surface area contributed by atoms with Gasteiger partial charge in [-0.2, -0.15) is 5.10 Å². The number of benzene rings is 2. The molecule has 1 atom stereocenters. The summed E-state index contributed by atoms with van der Waals surface area (Å²) in [6.45, 7) is 2.68. The van der Waals surface area contributed by atoms with Gasteiger partial charge in [-0.25, -0.2) is 4.98 Å². The molecule has 5 rings (SSSR count). The third-order valence-electron chi connectivity index (χ3n) is 5.62. The van der Waals surface area contributed by atoms with Crippen LogP contribution in [0.4, 0.5) is 0 Å². The molecule has 0 saturated carbocycles. The number of nitrogens with one attached hydrogen (secondary N) is 2. The van der Waals surface area contributed by atoms with Crippen LogP contribution in [0.3, 0.4) is 0 Å². The van der Waals surface area contributed by atoms with E-state index in [4.69, 9.17) is 14.5 Å². The maximum absolute atomic E-state index is 6.05. The number of fused-ring (bicyclic) bond motifs is 1. The fourth-order valence-corrected chi connectivity index (χ4v) is 4.11. The van der Waals surface area contributed by atoms with Gasteiger partial charge in [0.1, 0.15) is 17.3 Å². The van der Waals surface area contributed by atoms with Crippen LogP contribution >= 0.6 is 0 Å². The molecule has 3 heterocycles. The van der Waals surface area contributed by atoms with Gasteiger partial charge in [0, 0.05) is 25.4 Å². The van der Waals surface area contributed by atoms with Crippen LogP contribution in [0.5, 0.6) is 11.5 Å². The lowest BCUT2D eigenvalue weighted by Gasteiger charge is -2.22. The number of aromatic amines is 2. The van der Waals surface area contributed by atoms with E-state index in [-0.39, 0.29) is 0 Å². The van der Waals surface area contributed by atoms with Crippen LogP contribution in [0.25, 0.3) is 22.3 Å². The summed E-state index contributed by atoms with van der Waals surface area (Å²) >= 11 is 0. The Morgan fingerprint density at radius 3 is 2.77 bits per heavy atom. The lowest BCUT2D eigenvalue weighted by atomic mass is 10.1. The molecule has 1 aliphatic heterocycles. The van der Waals surface area contributed by atoms with Crippen molar-refractivity contribution in [3.63, 3.8) is 0 Å². The number of hydrogen-bond acceptors (Lipinski definition) is 5. The highest BCUT2D eigenvalue weighted by molar-refractivity contribution is 5.77. The van der Waals surface area contributed by atoms with Gasteiger partial charge in [0.2, 0.25) is 0 Å². The molecular formula is C23H25N5O2. The second-order valence-corrected chi connectivity index (χ2v) is 7.68. The highest BCUT2D eigenvalue weighted by Gasteiger charge is 2.25. The van der Waals surface area contributed by atoms with Gasteiger partial charge in [0.15, 0.2) is 0 Å². The molecule has 1 saturated heterocycles. The lowest BCUT2D eigenvalue weighted by Crippen LogP contribution is -2.32. The van der Waals surface area contributed by atoms with Gasteiger partial charge in [-0.1, -0.05) is 0 Å². The zero-order chi connectivity index (χ0) is 20.3. The summed E-state index contributed by atoms with van der Waals surface area (Å²) in [7, 11) is 1.77. The second-order valence-electron chi connectivity index (χ2n) is 7.68. The van der Waals surface area contributed by atoms with Gasteiger partial charge in [0.25, 0.3) is 0 Å². The number of rotatable bonds is 7. The summed E-state index contributed by atoms with van der Waals surface area (Å²) in [4.78, 5) is 10.7. The standard InChI is InChI=1S/C23H25N5O2/c1-29-15-17-3-2-12-28(17)14-23-25-21-9-8-19(13-22(21)26-23)30-18-6-4-16(5-7-18)20-10-11-24-27-20/h4-11,13,17H,2-3,12,14-15H2,1H3,(H,24,27)(H,25,26)/t17-/m1/s1. The molecule has 154 valence electrons. The second kappa shape index (κ2) is 8.30. The van der Waals surface area contributed by atoms with E-state index in [1.54, 1.807) is 13.3 Å². The minimum absolute atomic E-state index is 0.479. The van der Waals surface area contributed by atoms with Crippen LogP contribution in [0.2, 0.25) is 0 Å². The number of ether oxygens (including phenoxy) is 2. The van der Waals surface area contributed by atoms with Crippen molar-refractivity contribution in [2.24, 2.45) is 0 Å². The Hall–Kier alpha value is -3.16. The molecule has 2 N–H and O–H groups in total. The van der Waals surface area contributed by atoms with Crippen molar-refractivity contribution in [3.8, 4) is 22.8 Å². The molecule has 2 aromatic heterocycles. The molecule has 2 aromatic carbocycles. The first-order valence-electron chi connectivity index (χ1n) is 10.3. The molecule has 0 spiro atoms. The average molecular weight is 403 g/mol. The van der Waals surface area contributed by atoms with Gasteiger partial charge in [-0.3, -0.25) is 10.00 Å². The van der Waals surface area contributed by atoms with Crippen LogP contribution in [0.15, 0.2) is 54.7 Å². The predicted octanol–water partition coefficient (Wildman–Crippen LogP) is 4.36. The van der Waals surface area contributed by atoms with Crippen molar-refractivity contribution in [2.75, 3.05) is 20.3 Å². The van der Waals surface area contributed by atoms with Crippen LogP contribution in [-0.4, -0.2) is 51.4 Å². The molecule has 0 bridgehead atoms. The highest BCUT2D eigenvalue weighted by atomic mass is 16.5. The van der Waals surface area contributed by atoms with Crippen molar-refractivity contribution in [2.45, 2.75) is 25.4 Å². The fourth-order valence-electron chi connectivity index (χ4n) is 4.11. The van der Waals surface area contributed by atoms with E-state index in [1.165, 1.54) is 12.8 Å². The Morgan fingerprint density at radius 1 is 1.10 bits per heavy atom. The summed E-state index contributed by atoms with van der Waals surface area (Å²) in [6, 6.07) is 16.3. The number of aromatic nitrogens is 4. The van der Waals surface area contributed by atoms with E-state index in [1.807, 2.05) is 48.5 Å². The molecule has 0 unspecified atom stereocenters. The Bertz CT molecular complexity index is 1100. The van der Waals surface area contributed by atoms with Gasteiger partial charge in [-0.05, 0) is 67.4 Å². The number of likely N-dealkylation sites (tertiary alicyclic amines) is 1. The van der Waals surface area contributed by atoms with Crippen molar-refractivity contribution in [1.82, 2.24) is 25.1 Å². The van der Waals surface area contributed by atoms with E-state index in [0.29, 0.717) is 6.04 Å². The number of imidazole rings is 1. The predicted molar refractivity (Wildman–Crippen MR) is 115 cm³/mol. The van der Waals surface area contributed by atoms with E-state index < -0.39 is 0 Å². The number of nitrogens with zero attached hydrogens (tertiary/aromatic N) is 3. The molecule has 0 aliphatic carbocycles. The molecule has 7 heteroatoms. The molecule has 7 nitrogen and oxygen atoms in total. The number of hydrogen-bond donors (Lipinski definition) is 2. The molecule has 1 aliphatic rings. The zero-order valence-electron chi connectivity index (χ0n) is 17.0. The Morgan fingerprint density at radius 2 is 1.97 bits per heavy atom. The van der Waals surface area contributed by atoms with E-state index in [2.05, 4.69) is 20.1 Å². The first-order valence-corrected chi connectivity index (χ1v) is 10.3. The number of H-pyrrole nitrogens is 2. The smallest absolute Gasteiger partial charge is 0.129 e. The number of methoxy groups -OCH3 is 1. The maximum Gasteiger partial charge on any atom is 0.129 e. The minimum Gasteiger partial charge on any atom is -0.457 e. The van der Waals surface area contributed by atoms with E-state index in [9.17, 15) is 0 Å². The summed E-state index contributed by atoms with van der Waals surface area (Å²) in [5.41, 5.74) is 3.99. The van der Waals surface area contributed by atoms with Gasteiger partial charge in [0.05, 0.1) is 29.9 Å². The van der Waals surface area contributed by atoms with Crippen LogP contribution < -0.4 is 4.74 Å². The SMILES string of the molecule is COC[C@H]1CCCN1Cc1nc2ccc(Oc3ccc(-c4ccn[nH]4)cc3)cc2[nH]1. The summed E-state index contributed by atoms with van der Waals surface area (Å²) in [5, 5.41) is 6.96. The van der Waals surface area contributed by atoms with Crippen molar-refractivity contribution < 1.29 is 9.47 Å². The monoisotopic (exact) mass is 403 g/mol. The van der Waals surface area contributed by atoms with Crippen molar-refractivity contribution >= 4 is 11.0 Å². The normalized spacial score (nSPS) is 17.0. The van der Waals surface area contributed by atoms with Gasteiger partial charge >= 0.3 is 0 Å². The molecule has 1 fully saturated rings. The van der Waals surface area contributed by atoms with Crippen molar-refractivity contribution in [3.05, 3.63) is 60.6 Å². The molecule has 0 amide bonds. The summed E-state index contributed by atoms with van der Waals surface area (Å²) in [6.07, 6.45) is 4.14. The molecule has 4 aromatic rings. The van der Waals surface area contributed by atoms with E-state index >= 15 is 0 Å². The van der Waals surface area contributed by atoms with Crippen molar-refractivity contribution in [1.29, 1.82) is 0 Å². The third-order valence-corrected chi connectivity index (χ3v) is 5.62. The van der Waals surface area contributed by atoms with Gasteiger partial charge in [-0.15, -0.1) is 0 Å². The quantitative estimate of drug-likeness (QED) is 0.479. The lowest BCUT2D eigenvalue weighted by molar-refractivity contribution is 0.110. The first-order chi connectivity index (χ1) is 14.8. The fraction of sp³-hybridized carbons (Fsp3) is 0.304.